The Morgan fingerprint density at radius 2 is 1.82 bits per heavy atom. The van der Waals surface area contributed by atoms with Crippen LogP contribution in [0.3, 0.4) is 0 Å². The zero-order chi connectivity index (χ0) is 24.1. The van der Waals surface area contributed by atoms with E-state index in [0.29, 0.717) is 11.6 Å². The van der Waals surface area contributed by atoms with Crippen molar-refractivity contribution in [1.29, 1.82) is 0 Å². The zero-order valence-electron chi connectivity index (χ0n) is 20.2. The number of amides is 2. The van der Waals surface area contributed by atoms with Gasteiger partial charge in [-0.2, -0.15) is 0 Å². The Morgan fingerprint density at radius 1 is 1.12 bits per heavy atom. The van der Waals surface area contributed by atoms with Crippen LogP contribution in [0.15, 0.2) is 42.0 Å². The Kier molecular flexibility index (Phi) is 5.91. The molecule has 1 saturated heterocycles. The van der Waals surface area contributed by atoms with Gasteiger partial charge in [-0.3, -0.25) is 19.8 Å². The van der Waals surface area contributed by atoms with Gasteiger partial charge >= 0.3 is 0 Å². The van der Waals surface area contributed by atoms with E-state index in [1.54, 1.807) is 6.08 Å². The minimum absolute atomic E-state index is 0.0799. The third-order valence-corrected chi connectivity index (χ3v) is 7.13. The van der Waals surface area contributed by atoms with Gasteiger partial charge in [-0.05, 0) is 106 Å². The van der Waals surface area contributed by atoms with Crippen LogP contribution in [0.2, 0.25) is 0 Å². The van der Waals surface area contributed by atoms with E-state index in [4.69, 9.17) is 12.2 Å². The van der Waals surface area contributed by atoms with Gasteiger partial charge in [0.25, 0.3) is 11.8 Å². The van der Waals surface area contributed by atoms with Gasteiger partial charge in [0, 0.05) is 17.8 Å². The van der Waals surface area contributed by atoms with Gasteiger partial charge in [0.1, 0.15) is 5.57 Å². The Hall–Kier alpha value is -2.99. The van der Waals surface area contributed by atoms with Crippen LogP contribution < -0.4 is 15.1 Å². The van der Waals surface area contributed by atoms with Crippen LogP contribution in [0.25, 0.3) is 6.08 Å². The predicted octanol–water partition coefficient (Wildman–Crippen LogP) is 5.25. The number of hydrogen-bond acceptors (Lipinski definition) is 4. The molecule has 2 aromatic carbocycles. The molecule has 2 heterocycles. The summed E-state index contributed by atoms with van der Waals surface area (Å²) in [6.07, 6.45) is 2.75. The first-order chi connectivity index (χ1) is 15.5. The molecular weight excluding hydrogens is 430 g/mol. The fourth-order valence-electron chi connectivity index (χ4n) is 5.25. The van der Waals surface area contributed by atoms with E-state index in [1.165, 1.54) is 16.2 Å². The van der Waals surface area contributed by atoms with Crippen molar-refractivity contribution in [3.8, 4) is 0 Å². The van der Waals surface area contributed by atoms with Crippen LogP contribution in [0.5, 0.6) is 0 Å². The molecule has 1 N–H and O–H groups in total. The topological polar surface area (TPSA) is 52.7 Å². The second kappa shape index (κ2) is 8.41. The molecule has 6 heteroatoms. The molecule has 0 bridgehead atoms. The number of nitrogens with zero attached hydrogens (tertiary/aromatic N) is 2. The van der Waals surface area contributed by atoms with Crippen LogP contribution in [-0.2, 0) is 9.59 Å². The molecule has 2 aromatic rings. The lowest BCUT2D eigenvalue weighted by molar-refractivity contribution is -0.122. The Morgan fingerprint density at radius 3 is 2.48 bits per heavy atom. The quantitative estimate of drug-likeness (QED) is 0.386. The molecule has 0 saturated carbocycles. The molecule has 0 aromatic heterocycles. The van der Waals surface area contributed by atoms with Crippen molar-refractivity contribution in [3.63, 3.8) is 0 Å². The van der Waals surface area contributed by atoms with E-state index in [2.05, 4.69) is 50.0 Å². The number of aryl methyl sites for hydroxylation is 2. The van der Waals surface area contributed by atoms with Gasteiger partial charge in [0.05, 0.1) is 5.69 Å². The number of thiocarbonyl (C=S) groups is 1. The lowest BCUT2D eigenvalue weighted by Gasteiger charge is -2.47. The molecule has 5 nitrogen and oxygen atoms in total. The first-order valence-electron chi connectivity index (χ1n) is 11.4. The molecule has 2 aliphatic heterocycles. The predicted molar refractivity (Wildman–Crippen MR) is 139 cm³/mol. The number of rotatable bonds is 3. The highest BCUT2D eigenvalue weighted by Crippen LogP contribution is 2.44. The maximum absolute atomic E-state index is 13.5. The number of carbonyl (C=O) groups excluding carboxylic acids is 2. The highest BCUT2D eigenvalue weighted by Gasteiger charge is 2.37. The van der Waals surface area contributed by atoms with Crippen molar-refractivity contribution in [3.05, 3.63) is 64.2 Å². The summed E-state index contributed by atoms with van der Waals surface area (Å²) in [6.45, 7) is 13.9. The van der Waals surface area contributed by atoms with Gasteiger partial charge in [-0.25, -0.2) is 0 Å². The van der Waals surface area contributed by atoms with Crippen molar-refractivity contribution >= 4 is 46.6 Å². The highest BCUT2D eigenvalue weighted by molar-refractivity contribution is 7.80. The molecule has 2 amide bonds. The molecule has 2 aliphatic rings. The van der Waals surface area contributed by atoms with Gasteiger partial charge in [-0.1, -0.05) is 25.1 Å². The lowest BCUT2D eigenvalue weighted by Crippen LogP contribution is -2.54. The average molecular weight is 462 g/mol. The SMILES string of the molecule is CCN1c2cc(C)c(/C=C3\C(=O)NC(=S)N(c4ccccc4C)C3=O)cc2[C@H](C)CC1(C)C. The molecule has 172 valence electrons. The third-order valence-electron chi connectivity index (χ3n) is 6.85. The van der Waals surface area contributed by atoms with Crippen molar-refractivity contribution in [1.82, 2.24) is 5.32 Å². The molecule has 0 aliphatic carbocycles. The smallest absolute Gasteiger partial charge is 0.270 e. The summed E-state index contributed by atoms with van der Waals surface area (Å²) in [5.74, 6) is -0.488. The van der Waals surface area contributed by atoms with Crippen LogP contribution in [-0.4, -0.2) is 29.0 Å². The van der Waals surface area contributed by atoms with E-state index < -0.39 is 11.8 Å². The second-order valence-corrected chi connectivity index (χ2v) is 10.1. The van der Waals surface area contributed by atoms with E-state index in [9.17, 15) is 9.59 Å². The highest BCUT2D eigenvalue weighted by atomic mass is 32.1. The Balaban J connectivity index is 1.79. The molecule has 1 atom stereocenters. The van der Waals surface area contributed by atoms with Crippen molar-refractivity contribution in [2.24, 2.45) is 0 Å². The number of anilines is 2. The Labute approximate surface area is 201 Å². The van der Waals surface area contributed by atoms with Crippen LogP contribution in [0.1, 0.15) is 62.3 Å². The number of benzene rings is 2. The summed E-state index contributed by atoms with van der Waals surface area (Å²) in [4.78, 5) is 30.1. The molecule has 0 unspecified atom stereocenters. The lowest BCUT2D eigenvalue weighted by atomic mass is 9.79. The summed E-state index contributed by atoms with van der Waals surface area (Å²) >= 11 is 5.35. The molecule has 1 fully saturated rings. The monoisotopic (exact) mass is 461 g/mol. The van der Waals surface area contributed by atoms with Crippen molar-refractivity contribution in [2.45, 2.75) is 59.4 Å². The Bertz CT molecular complexity index is 1200. The summed E-state index contributed by atoms with van der Waals surface area (Å²) in [5, 5.41) is 2.80. The van der Waals surface area contributed by atoms with Crippen molar-refractivity contribution < 1.29 is 9.59 Å². The third kappa shape index (κ3) is 3.97. The van der Waals surface area contributed by atoms with E-state index >= 15 is 0 Å². The second-order valence-electron chi connectivity index (χ2n) is 9.67. The first kappa shape index (κ1) is 23.2. The molecule has 0 radical (unpaired) electrons. The summed E-state index contributed by atoms with van der Waals surface area (Å²) in [6, 6.07) is 11.9. The summed E-state index contributed by atoms with van der Waals surface area (Å²) < 4.78 is 0. The minimum Gasteiger partial charge on any atom is -0.366 e. The van der Waals surface area contributed by atoms with Gasteiger partial charge in [-0.15, -0.1) is 0 Å². The van der Waals surface area contributed by atoms with Crippen LogP contribution in [0, 0.1) is 13.8 Å². The van der Waals surface area contributed by atoms with Gasteiger partial charge in [0.2, 0.25) is 0 Å². The largest absolute Gasteiger partial charge is 0.366 e. The maximum atomic E-state index is 13.5. The van der Waals surface area contributed by atoms with Crippen LogP contribution in [0.4, 0.5) is 11.4 Å². The first-order valence-corrected chi connectivity index (χ1v) is 11.8. The normalized spacial score (nSPS) is 21.3. The van der Waals surface area contributed by atoms with E-state index in [-0.39, 0.29) is 16.2 Å². The van der Waals surface area contributed by atoms with Gasteiger partial charge in [0.15, 0.2) is 5.11 Å². The number of nitrogens with one attached hydrogen (secondary N) is 1. The average Bonchev–Trinajstić information content (AvgIpc) is 2.72. The molecular formula is C27H31N3O2S. The van der Waals surface area contributed by atoms with E-state index in [1.807, 2.05) is 38.1 Å². The van der Waals surface area contributed by atoms with Crippen molar-refractivity contribution in [2.75, 3.05) is 16.3 Å². The summed E-state index contributed by atoms with van der Waals surface area (Å²) in [5.41, 5.74) is 6.15. The fraction of sp³-hybridized carbons (Fsp3) is 0.370. The molecule has 0 spiro atoms. The number of para-hydroxylation sites is 1. The zero-order valence-corrected chi connectivity index (χ0v) is 21.0. The maximum Gasteiger partial charge on any atom is 0.270 e. The molecule has 33 heavy (non-hydrogen) atoms. The standard InChI is InChI=1S/C27H31N3O2S/c1-7-29-23-12-17(3)19(13-20(23)18(4)15-27(29,5)6)14-21-24(31)28-26(33)30(25(21)32)22-11-9-8-10-16(22)2/h8-14,18H,7,15H2,1-6H3,(H,28,31,33)/b21-14+/t18-/m1/s1. The fourth-order valence-corrected chi connectivity index (χ4v) is 5.52. The minimum atomic E-state index is -0.462. The van der Waals surface area contributed by atoms with E-state index in [0.717, 1.165) is 29.7 Å². The number of carbonyl (C=O) groups is 2. The van der Waals surface area contributed by atoms with Gasteiger partial charge < -0.3 is 4.90 Å². The molecule has 4 rings (SSSR count). The number of fused-ring (bicyclic) bond motifs is 1. The summed E-state index contributed by atoms with van der Waals surface area (Å²) in [7, 11) is 0. The number of hydrogen-bond donors (Lipinski definition) is 1. The van der Waals surface area contributed by atoms with Crippen LogP contribution >= 0.6 is 12.2 Å².